The number of aromatic nitrogens is 1. The molecule has 0 radical (unpaired) electrons. The highest BCUT2D eigenvalue weighted by Gasteiger charge is 2.36. The molecule has 5 rings (SSSR count). The Hall–Kier alpha value is -4.10. The van der Waals surface area contributed by atoms with Gasteiger partial charge in [0, 0.05) is 22.8 Å². The van der Waals surface area contributed by atoms with Crippen LogP contribution in [-0.4, -0.2) is 27.6 Å². The highest BCUT2D eigenvalue weighted by Crippen LogP contribution is 2.29. The molecule has 0 saturated heterocycles. The second-order valence-corrected chi connectivity index (χ2v) is 9.31. The Labute approximate surface area is 207 Å². The SMILES string of the molecule is CCc1ccc(C(NC(=O)c2ccc3c(c2)C(=O)N(Cc2ccncc2)C3=O)c2cccs2)cc1. The zero-order valence-electron chi connectivity index (χ0n) is 19.1. The van der Waals surface area contributed by atoms with Crippen molar-refractivity contribution in [3.8, 4) is 0 Å². The van der Waals surface area contributed by atoms with Gasteiger partial charge in [-0.25, -0.2) is 0 Å². The Morgan fingerprint density at radius 1 is 0.943 bits per heavy atom. The predicted molar refractivity (Wildman–Crippen MR) is 134 cm³/mol. The molecule has 1 aliphatic heterocycles. The van der Waals surface area contributed by atoms with E-state index in [-0.39, 0.29) is 30.0 Å². The largest absolute Gasteiger partial charge is 0.340 e. The van der Waals surface area contributed by atoms with Gasteiger partial charge in [-0.05, 0) is 64.9 Å². The maximum atomic E-state index is 13.3. The third-order valence-corrected chi connectivity index (χ3v) is 7.08. The van der Waals surface area contributed by atoms with E-state index < -0.39 is 5.91 Å². The maximum absolute atomic E-state index is 13.3. The number of carbonyl (C=O) groups excluding carboxylic acids is 3. The number of nitrogens with one attached hydrogen (secondary N) is 1. The molecular weight excluding hydrogens is 458 g/mol. The number of amides is 3. The first-order valence-corrected chi connectivity index (χ1v) is 12.3. The minimum atomic E-state index is -0.401. The van der Waals surface area contributed by atoms with E-state index >= 15 is 0 Å². The van der Waals surface area contributed by atoms with Crippen LogP contribution in [0.2, 0.25) is 0 Å². The Morgan fingerprint density at radius 3 is 2.37 bits per heavy atom. The molecule has 35 heavy (non-hydrogen) atoms. The van der Waals surface area contributed by atoms with Crippen LogP contribution in [0.15, 0.2) is 84.5 Å². The summed E-state index contributed by atoms with van der Waals surface area (Å²) in [7, 11) is 0. The van der Waals surface area contributed by atoms with E-state index in [1.807, 2.05) is 29.6 Å². The number of imide groups is 1. The summed E-state index contributed by atoms with van der Waals surface area (Å²) in [4.78, 5) is 45.4. The summed E-state index contributed by atoms with van der Waals surface area (Å²) < 4.78 is 0. The lowest BCUT2D eigenvalue weighted by molar-refractivity contribution is 0.0642. The summed E-state index contributed by atoms with van der Waals surface area (Å²) in [6, 6.07) is 20.0. The molecule has 3 amide bonds. The lowest BCUT2D eigenvalue weighted by Crippen LogP contribution is -2.29. The van der Waals surface area contributed by atoms with Crippen molar-refractivity contribution in [3.05, 3.63) is 123 Å². The van der Waals surface area contributed by atoms with Crippen LogP contribution in [0.1, 0.15) is 65.6 Å². The standard InChI is InChI=1S/C28H23N3O3S/c1-2-18-5-7-20(8-6-18)25(24-4-3-15-35-24)30-26(32)21-9-10-22-23(16-21)28(34)31(27(22)33)17-19-11-13-29-14-12-19/h3-16,25H,2,17H2,1H3,(H,30,32). The minimum absolute atomic E-state index is 0.157. The van der Waals surface area contributed by atoms with E-state index in [2.05, 4.69) is 29.4 Å². The van der Waals surface area contributed by atoms with Gasteiger partial charge in [-0.15, -0.1) is 11.3 Å². The molecule has 6 nitrogen and oxygen atoms in total. The van der Waals surface area contributed by atoms with Crippen LogP contribution < -0.4 is 5.32 Å². The predicted octanol–water partition coefficient (Wildman–Crippen LogP) is 5.02. The number of hydrogen-bond acceptors (Lipinski definition) is 5. The van der Waals surface area contributed by atoms with Gasteiger partial charge in [0.25, 0.3) is 17.7 Å². The number of thiophene rings is 1. The molecule has 1 unspecified atom stereocenters. The van der Waals surface area contributed by atoms with Crippen LogP contribution in [0.3, 0.4) is 0 Å². The molecule has 1 N–H and O–H groups in total. The molecule has 0 saturated carbocycles. The van der Waals surface area contributed by atoms with Crippen LogP contribution >= 0.6 is 11.3 Å². The Kier molecular flexibility index (Phi) is 6.25. The van der Waals surface area contributed by atoms with Crippen LogP contribution in [0.4, 0.5) is 0 Å². The fourth-order valence-electron chi connectivity index (χ4n) is 4.18. The topological polar surface area (TPSA) is 79.4 Å². The van der Waals surface area contributed by atoms with Gasteiger partial charge in [0.1, 0.15) is 0 Å². The number of nitrogens with zero attached hydrogens (tertiary/aromatic N) is 2. The number of benzene rings is 2. The van der Waals surface area contributed by atoms with E-state index in [4.69, 9.17) is 0 Å². The van der Waals surface area contributed by atoms with Gasteiger partial charge in [-0.1, -0.05) is 37.3 Å². The Morgan fingerprint density at radius 2 is 1.69 bits per heavy atom. The first-order chi connectivity index (χ1) is 17.0. The fraction of sp³-hybridized carbons (Fsp3) is 0.143. The summed E-state index contributed by atoms with van der Waals surface area (Å²) in [5.41, 5.74) is 3.90. The first kappa shape index (κ1) is 22.7. The number of fused-ring (bicyclic) bond motifs is 1. The van der Waals surface area contributed by atoms with Crippen LogP contribution in [0.25, 0.3) is 0 Å². The van der Waals surface area contributed by atoms with Crippen LogP contribution in [0.5, 0.6) is 0 Å². The van der Waals surface area contributed by atoms with Crippen LogP contribution in [-0.2, 0) is 13.0 Å². The second kappa shape index (κ2) is 9.64. The molecule has 0 spiro atoms. The molecule has 1 atom stereocenters. The van der Waals surface area contributed by atoms with E-state index in [1.165, 1.54) is 16.5 Å². The Balaban J connectivity index is 1.39. The second-order valence-electron chi connectivity index (χ2n) is 8.33. The highest BCUT2D eigenvalue weighted by molar-refractivity contribution is 7.10. The minimum Gasteiger partial charge on any atom is -0.340 e. The average molecular weight is 482 g/mol. The van der Waals surface area contributed by atoms with Crippen molar-refractivity contribution in [2.75, 3.05) is 0 Å². The first-order valence-electron chi connectivity index (χ1n) is 11.4. The molecule has 3 heterocycles. The Bertz CT molecular complexity index is 1380. The number of pyridine rings is 1. The van der Waals surface area contributed by atoms with Crippen molar-refractivity contribution in [1.82, 2.24) is 15.2 Å². The van der Waals surface area contributed by atoms with Crippen molar-refractivity contribution >= 4 is 29.1 Å². The number of carbonyl (C=O) groups is 3. The van der Waals surface area contributed by atoms with E-state index in [1.54, 1.807) is 48.0 Å². The zero-order chi connectivity index (χ0) is 24.4. The maximum Gasteiger partial charge on any atom is 0.261 e. The summed E-state index contributed by atoms with van der Waals surface area (Å²) >= 11 is 1.57. The van der Waals surface area contributed by atoms with Crippen molar-refractivity contribution < 1.29 is 14.4 Å². The van der Waals surface area contributed by atoms with Crippen molar-refractivity contribution in [1.29, 1.82) is 0 Å². The molecule has 174 valence electrons. The highest BCUT2D eigenvalue weighted by atomic mass is 32.1. The molecule has 2 aromatic heterocycles. The summed E-state index contributed by atoms with van der Waals surface area (Å²) in [5, 5.41) is 5.09. The van der Waals surface area contributed by atoms with Gasteiger partial charge in [0.2, 0.25) is 0 Å². The summed E-state index contributed by atoms with van der Waals surface area (Å²) in [6.07, 6.45) is 4.18. The van der Waals surface area contributed by atoms with Crippen molar-refractivity contribution in [2.45, 2.75) is 25.9 Å². The lowest BCUT2D eigenvalue weighted by atomic mass is 10.0. The van der Waals surface area contributed by atoms with Crippen molar-refractivity contribution in [2.24, 2.45) is 0 Å². The fourth-order valence-corrected chi connectivity index (χ4v) is 4.98. The van der Waals surface area contributed by atoms with Gasteiger partial charge in [-0.2, -0.15) is 0 Å². The van der Waals surface area contributed by atoms with E-state index in [0.717, 1.165) is 22.4 Å². The third kappa shape index (κ3) is 4.50. The average Bonchev–Trinajstić information content (AvgIpc) is 3.51. The summed E-state index contributed by atoms with van der Waals surface area (Å²) in [5.74, 6) is -1.07. The van der Waals surface area contributed by atoms with Gasteiger partial charge >= 0.3 is 0 Å². The number of rotatable bonds is 7. The van der Waals surface area contributed by atoms with Gasteiger partial charge in [0.15, 0.2) is 0 Å². The zero-order valence-corrected chi connectivity index (χ0v) is 19.9. The van der Waals surface area contributed by atoms with Gasteiger partial charge < -0.3 is 5.32 Å². The normalized spacial score (nSPS) is 13.6. The molecule has 0 fully saturated rings. The molecule has 1 aliphatic rings. The quantitative estimate of drug-likeness (QED) is 0.376. The molecular formula is C28H23N3O3S. The molecule has 7 heteroatoms. The summed E-state index contributed by atoms with van der Waals surface area (Å²) in [6.45, 7) is 2.26. The van der Waals surface area contributed by atoms with Gasteiger partial charge in [-0.3, -0.25) is 24.3 Å². The third-order valence-electron chi connectivity index (χ3n) is 6.15. The molecule has 0 bridgehead atoms. The molecule has 0 aliphatic carbocycles. The number of aryl methyl sites for hydroxylation is 1. The van der Waals surface area contributed by atoms with E-state index in [0.29, 0.717) is 11.1 Å². The van der Waals surface area contributed by atoms with Crippen molar-refractivity contribution in [3.63, 3.8) is 0 Å². The smallest absolute Gasteiger partial charge is 0.261 e. The van der Waals surface area contributed by atoms with Crippen LogP contribution in [0, 0.1) is 0 Å². The lowest BCUT2D eigenvalue weighted by Gasteiger charge is -2.19. The monoisotopic (exact) mass is 481 g/mol. The molecule has 4 aromatic rings. The van der Waals surface area contributed by atoms with Gasteiger partial charge in [0.05, 0.1) is 23.7 Å². The van der Waals surface area contributed by atoms with E-state index in [9.17, 15) is 14.4 Å². The molecule has 2 aromatic carbocycles. The number of hydrogen-bond donors (Lipinski definition) is 1.